The molecule has 212 valence electrons. The quantitative estimate of drug-likeness (QED) is 0.178. The lowest BCUT2D eigenvalue weighted by atomic mass is 10.1. The fraction of sp³-hybridized carbons (Fsp3) is 0.200. The Morgan fingerprint density at radius 2 is 0.659 bits per heavy atom. The third-order valence-electron chi connectivity index (χ3n) is 6.60. The molecule has 6 aromatic carbocycles. The number of rotatable bonds is 0. The zero-order chi connectivity index (χ0) is 29.1. The first-order chi connectivity index (χ1) is 19.1. The zero-order valence-electron chi connectivity index (χ0n) is 24.9. The van der Waals surface area contributed by atoms with E-state index in [0.29, 0.717) is 5.56 Å². The minimum Gasteiger partial charge on any atom is -0.207 e. The highest BCUT2D eigenvalue weighted by Crippen LogP contribution is 2.17. The average molecular weight is 545 g/mol. The molecule has 0 spiro atoms. The van der Waals surface area contributed by atoms with E-state index in [1.165, 1.54) is 55.4 Å². The van der Waals surface area contributed by atoms with Gasteiger partial charge in [-0.15, -0.1) is 0 Å². The lowest BCUT2D eigenvalue weighted by Crippen LogP contribution is -1.81. The van der Waals surface area contributed by atoms with Crippen molar-refractivity contribution in [2.45, 2.75) is 55.9 Å². The van der Waals surface area contributed by atoms with Gasteiger partial charge in [0, 0.05) is 0 Å². The molecule has 0 bridgehead atoms. The van der Waals surface area contributed by atoms with E-state index in [-0.39, 0.29) is 13.2 Å². The number of fused-ring (bicyclic) bond motifs is 2. The Morgan fingerprint density at radius 1 is 0.341 bits per heavy atom. The SMILES string of the molecule is C.Cc1ccc(C)c(F)c1.Cc1ccc(C)cc1.Cc1ccc2cc(C)ccc2c1.Cc1ccc2ccccc2c1. The van der Waals surface area contributed by atoms with Crippen molar-refractivity contribution in [2.24, 2.45) is 0 Å². The summed E-state index contributed by atoms with van der Waals surface area (Å²) >= 11 is 0. The van der Waals surface area contributed by atoms with Crippen LogP contribution in [0.4, 0.5) is 4.39 Å². The van der Waals surface area contributed by atoms with Gasteiger partial charge in [0.15, 0.2) is 0 Å². The Hall–Kier alpha value is -4.23. The molecule has 0 aliphatic rings. The lowest BCUT2D eigenvalue weighted by Gasteiger charge is -1.99. The lowest BCUT2D eigenvalue weighted by molar-refractivity contribution is 0.617. The van der Waals surface area contributed by atoms with Gasteiger partial charge in [-0.05, 0) is 87.2 Å². The Morgan fingerprint density at radius 3 is 1.07 bits per heavy atom. The maximum absolute atomic E-state index is 12.6. The zero-order valence-corrected chi connectivity index (χ0v) is 24.9. The molecule has 0 saturated carbocycles. The maximum Gasteiger partial charge on any atom is 0.126 e. The number of halogens is 1. The summed E-state index contributed by atoms with van der Waals surface area (Å²) in [7, 11) is 0. The second-order valence-electron chi connectivity index (χ2n) is 10.6. The summed E-state index contributed by atoms with van der Waals surface area (Å²) in [4.78, 5) is 0. The standard InChI is InChI=1S/C12H12.C11H10.C8H9F.C8H10.CH4/c1-9-3-5-12-8-10(2)4-6-11(12)7-9;1-9-6-7-10-4-2-3-5-11(10)8-9;1-6-3-4-7(2)8(9)5-6;1-7-3-5-8(2)6-4-7;/h3-8H,1-2H3;2-8H,1H3;3-5H,1-2H3;3-6H,1-2H3;1H4. The van der Waals surface area contributed by atoms with Gasteiger partial charge in [-0.25, -0.2) is 4.39 Å². The first-order valence-corrected chi connectivity index (χ1v) is 13.8. The van der Waals surface area contributed by atoms with Crippen LogP contribution in [0, 0.1) is 54.3 Å². The first kappa shape index (κ1) is 33.0. The molecule has 0 saturated heterocycles. The van der Waals surface area contributed by atoms with Crippen molar-refractivity contribution in [3.05, 3.63) is 166 Å². The highest BCUT2D eigenvalue weighted by Gasteiger charge is 1.94. The Balaban J connectivity index is 0.000000192. The van der Waals surface area contributed by atoms with Gasteiger partial charge in [-0.2, -0.15) is 0 Å². The molecule has 0 atom stereocenters. The largest absolute Gasteiger partial charge is 0.207 e. The van der Waals surface area contributed by atoms with E-state index in [1.54, 1.807) is 13.0 Å². The Labute approximate surface area is 247 Å². The van der Waals surface area contributed by atoms with Crippen LogP contribution in [-0.2, 0) is 0 Å². The molecule has 0 fully saturated rings. The molecule has 6 aromatic rings. The molecule has 0 radical (unpaired) electrons. The van der Waals surface area contributed by atoms with Crippen LogP contribution in [0.1, 0.15) is 46.4 Å². The molecule has 0 aliphatic heterocycles. The highest BCUT2D eigenvalue weighted by molar-refractivity contribution is 5.84. The van der Waals surface area contributed by atoms with Crippen LogP contribution in [0.2, 0.25) is 0 Å². The van der Waals surface area contributed by atoms with E-state index in [0.717, 1.165) is 5.56 Å². The number of benzene rings is 6. The molecule has 0 aromatic heterocycles. The normalized spacial score (nSPS) is 9.76. The van der Waals surface area contributed by atoms with Crippen LogP contribution in [0.3, 0.4) is 0 Å². The molecule has 0 N–H and O–H groups in total. The molecule has 6 rings (SSSR count). The molecular formula is C40H45F. The molecule has 0 unspecified atom stereocenters. The molecule has 0 nitrogen and oxygen atoms in total. The van der Waals surface area contributed by atoms with Crippen LogP contribution >= 0.6 is 0 Å². The van der Waals surface area contributed by atoms with Crippen LogP contribution in [0.5, 0.6) is 0 Å². The van der Waals surface area contributed by atoms with Crippen LogP contribution < -0.4 is 0 Å². The van der Waals surface area contributed by atoms with E-state index >= 15 is 0 Å². The summed E-state index contributed by atoms with van der Waals surface area (Å²) in [5.41, 5.74) is 8.31. The second-order valence-corrected chi connectivity index (χ2v) is 10.6. The van der Waals surface area contributed by atoms with Crippen molar-refractivity contribution in [2.75, 3.05) is 0 Å². The molecule has 0 heterocycles. The van der Waals surface area contributed by atoms with Gasteiger partial charge in [0.2, 0.25) is 0 Å². The van der Waals surface area contributed by atoms with Gasteiger partial charge in [-0.3, -0.25) is 0 Å². The van der Waals surface area contributed by atoms with Crippen molar-refractivity contribution in [1.82, 2.24) is 0 Å². The van der Waals surface area contributed by atoms with Crippen LogP contribution in [0.15, 0.2) is 121 Å². The maximum atomic E-state index is 12.6. The third-order valence-corrected chi connectivity index (χ3v) is 6.60. The topological polar surface area (TPSA) is 0 Å². The smallest absolute Gasteiger partial charge is 0.126 e. The second kappa shape index (κ2) is 16.1. The summed E-state index contributed by atoms with van der Waals surface area (Å²) in [5.74, 6) is -0.116. The Kier molecular flexibility index (Phi) is 13.0. The number of hydrogen-bond acceptors (Lipinski definition) is 0. The van der Waals surface area contributed by atoms with E-state index in [2.05, 4.69) is 138 Å². The summed E-state index contributed by atoms with van der Waals surface area (Å²) in [6, 6.07) is 41.7. The molecule has 0 aliphatic carbocycles. The fourth-order valence-electron chi connectivity index (χ4n) is 4.13. The molecule has 1 heteroatoms. The van der Waals surface area contributed by atoms with Gasteiger partial charge >= 0.3 is 0 Å². The van der Waals surface area contributed by atoms with Gasteiger partial charge in [0.05, 0.1) is 0 Å². The third kappa shape index (κ3) is 11.0. The van der Waals surface area contributed by atoms with Crippen molar-refractivity contribution in [3.63, 3.8) is 0 Å². The monoisotopic (exact) mass is 544 g/mol. The van der Waals surface area contributed by atoms with Gasteiger partial charge in [-0.1, -0.05) is 151 Å². The van der Waals surface area contributed by atoms with Crippen molar-refractivity contribution in [3.8, 4) is 0 Å². The summed E-state index contributed by atoms with van der Waals surface area (Å²) in [6.07, 6.45) is 0. The van der Waals surface area contributed by atoms with Crippen molar-refractivity contribution >= 4 is 21.5 Å². The van der Waals surface area contributed by atoms with E-state index < -0.39 is 0 Å². The van der Waals surface area contributed by atoms with E-state index in [9.17, 15) is 4.39 Å². The predicted octanol–water partition coefficient (Wildman–Crippen LogP) is 12.0. The van der Waals surface area contributed by atoms with Gasteiger partial charge in [0.1, 0.15) is 5.82 Å². The van der Waals surface area contributed by atoms with Gasteiger partial charge in [0.25, 0.3) is 0 Å². The van der Waals surface area contributed by atoms with Crippen LogP contribution in [0.25, 0.3) is 21.5 Å². The number of hydrogen-bond donors (Lipinski definition) is 0. The highest BCUT2D eigenvalue weighted by atomic mass is 19.1. The minimum absolute atomic E-state index is 0. The predicted molar refractivity (Wildman–Crippen MR) is 181 cm³/mol. The molecular weight excluding hydrogens is 499 g/mol. The minimum atomic E-state index is -0.116. The average Bonchev–Trinajstić information content (AvgIpc) is 2.94. The van der Waals surface area contributed by atoms with E-state index in [1.807, 2.05) is 13.0 Å². The molecule has 41 heavy (non-hydrogen) atoms. The van der Waals surface area contributed by atoms with Crippen LogP contribution in [-0.4, -0.2) is 0 Å². The fourth-order valence-corrected chi connectivity index (χ4v) is 4.13. The van der Waals surface area contributed by atoms with Gasteiger partial charge < -0.3 is 0 Å². The molecule has 0 amide bonds. The Bertz CT molecular complexity index is 1600. The first-order valence-electron chi connectivity index (χ1n) is 13.8. The summed E-state index contributed by atoms with van der Waals surface area (Å²) in [5, 5.41) is 5.31. The van der Waals surface area contributed by atoms with Crippen molar-refractivity contribution in [1.29, 1.82) is 0 Å². The van der Waals surface area contributed by atoms with Crippen molar-refractivity contribution < 1.29 is 4.39 Å². The summed E-state index contributed by atoms with van der Waals surface area (Å²) in [6.45, 7) is 14.2. The van der Waals surface area contributed by atoms with E-state index in [4.69, 9.17) is 0 Å². The summed E-state index contributed by atoms with van der Waals surface area (Å²) < 4.78 is 12.6. The number of aryl methyl sites for hydroxylation is 7.